The maximum absolute atomic E-state index is 13.4. The third kappa shape index (κ3) is 3.99. The zero-order valence-corrected chi connectivity index (χ0v) is 19.4. The van der Waals surface area contributed by atoms with Gasteiger partial charge >= 0.3 is 180 Å². The van der Waals surface area contributed by atoms with E-state index in [1.165, 1.54) is 12.1 Å². The Morgan fingerprint density at radius 2 is 1.68 bits per heavy atom. The summed E-state index contributed by atoms with van der Waals surface area (Å²) in [6.45, 7) is 1.99. The van der Waals surface area contributed by atoms with E-state index in [1.807, 2.05) is 48.3 Å². The van der Waals surface area contributed by atoms with Gasteiger partial charge in [-0.05, 0) is 0 Å². The van der Waals surface area contributed by atoms with Crippen molar-refractivity contribution >= 4 is 20.7 Å². The van der Waals surface area contributed by atoms with Crippen molar-refractivity contribution in [3.63, 3.8) is 0 Å². The van der Waals surface area contributed by atoms with E-state index >= 15 is 0 Å². The second-order valence-corrected chi connectivity index (χ2v) is 9.15. The number of fused-ring (bicyclic) bond motifs is 1. The van der Waals surface area contributed by atoms with Crippen LogP contribution in [-0.4, -0.2) is 21.7 Å². The number of halogens is 2. The summed E-state index contributed by atoms with van der Waals surface area (Å²) in [6, 6.07) is 17.2. The van der Waals surface area contributed by atoms with Gasteiger partial charge in [0, 0.05) is 0 Å². The van der Waals surface area contributed by atoms with Crippen molar-refractivity contribution in [3.05, 3.63) is 83.2 Å². The molecule has 6 heteroatoms. The van der Waals surface area contributed by atoms with Gasteiger partial charge in [-0.25, -0.2) is 4.39 Å². The third-order valence-corrected chi connectivity index (χ3v) is 6.80. The van der Waals surface area contributed by atoms with Crippen molar-refractivity contribution in [2.45, 2.75) is 6.92 Å². The number of furan rings is 1. The third-order valence-electron chi connectivity index (χ3n) is 5.20. The molecular weight excluding hydrogens is 508 g/mol. The molecule has 1 heterocycles. The normalized spacial score (nSPS) is 11.1. The van der Waals surface area contributed by atoms with Crippen LogP contribution in [0.4, 0.5) is 4.39 Å². The van der Waals surface area contributed by atoms with Gasteiger partial charge in [-0.2, -0.15) is 0 Å². The molecule has 31 heavy (non-hydrogen) atoms. The maximum atomic E-state index is 13.4. The van der Waals surface area contributed by atoms with Gasteiger partial charge in [0.2, 0.25) is 0 Å². The molecule has 0 atom stereocenters. The molecule has 0 aliphatic rings. The predicted molar refractivity (Wildman–Crippen MR) is 115 cm³/mol. The average molecular weight is 528 g/mol. The fourth-order valence-electron chi connectivity index (χ4n) is 3.58. The molecule has 4 nitrogen and oxygen atoms in total. The fourth-order valence-corrected chi connectivity index (χ4v) is 4.54. The number of carbonyl (C=O) groups excluding carboxylic acids is 2. The van der Waals surface area contributed by atoms with Gasteiger partial charge in [-0.1, -0.05) is 0 Å². The first-order valence-corrected chi connectivity index (χ1v) is 12.9. The van der Waals surface area contributed by atoms with Gasteiger partial charge in [-0.15, -0.1) is 0 Å². The molecule has 158 valence electrons. The van der Waals surface area contributed by atoms with Crippen LogP contribution >= 0.6 is 0 Å². The number of amides is 1. The molecule has 0 spiro atoms. The number of benzene rings is 3. The molecule has 0 radical (unpaired) electrons. The molecule has 4 aromatic rings. The molecule has 4 rings (SSSR count). The van der Waals surface area contributed by atoms with Crippen molar-refractivity contribution in [2.75, 3.05) is 12.0 Å². The Morgan fingerprint density at radius 1 is 0.968 bits per heavy atom. The summed E-state index contributed by atoms with van der Waals surface area (Å²) in [6.07, 6.45) is 0. The van der Waals surface area contributed by atoms with Crippen molar-refractivity contribution in [1.82, 2.24) is 5.32 Å². The SMILES string of the molecule is CNC(=O)c1c(-c2ccc(F)cc2)oc2ccc(-c3cc(C(=O)[I-]C)ccc3C)cc12. The number of carbonyl (C=O) groups is 2. The van der Waals surface area contributed by atoms with Crippen LogP contribution in [0.15, 0.2) is 65.1 Å². The Balaban J connectivity index is 1.93. The molecule has 1 N–H and O–H groups in total. The summed E-state index contributed by atoms with van der Waals surface area (Å²) in [4.78, 5) is 27.0. The molecule has 0 unspecified atom stereocenters. The molecule has 0 aliphatic heterocycles. The summed E-state index contributed by atoms with van der Waals surface area (Å²) in [5.41, 5.74) is 5.16. The van der Waals surface area contributed by atoms with Crippen LogP contribution in [-0.2, 0) is 0 Å². The first-order valence-electron chi connectivity index (χ1n) is 9.62. The number of alkyl halides is 1. The van der Waals surface area contributed by atoms with Gasteiger partial charge in [0.1, 0.15) is 5.82 Å². The van der Waals surface area contributed by atoms with E-state index in [-0.39, 0.29) is 15.5 Å². The van der Waals surface area contributed by atoms with Gasteiger partial charge in [-0.3, -0.25) is 0 Å². The van der Waals surface area contributed by atoms with E-state index in [0.29, 0.717) is 33.4 Å². The minimum absolute atomic E-state index is 0.189. The van der Waals surface area contributed by atoms with Crippen LogP contribution in [0, 0.1) is 12.7 Å². The summed E-state index contributed by atoms with van der Waals surface area (Å²) in [5, 5.41) is 3.33. The number of hydrogen-bond acceptors (Lipinski definition) is 3. The summed E-state index contributed by atoms with van der Waals surface area (Å²) >= 11 is -0.531. The quantitative estimate of drug-likeness (QED) is 0.246. The topological polar surface area (TPSA) is 59.3 Å². The van der Waals surface area contributed by atoms with E-state index in [9.17, 15) is 14.0 Å². The van der Waals surface area contributed by atoms with Crippen LogP contribution < -0.4 is 26.5 Å². The van der Waals surface area contributed by atoms with E-state index in [1.54, 1.807) is 19.2 Å². The van der Waals surface area contributed by atoms with E-state index in [4.69, 9.17) is 4.42 Å². The molecule has 1 amide bonds. The van der Waals surface area contributed by atoms with Gasteiger partial charge in [0.15, 0.2) is 0 Å². The van der Waals surface area contributed by atoms with Crippen LogP contribution in [0.25, 0.3) is 33.4 Å². The zero-order chi connectivity index (χ0) is 22.1. The standard InChI is InChI=1S/C25H20FINO3/c1-14-4-5-17(24(29)27-2)13-19(14)16-8-11-21-20(12-16)22(25(30)28-3)23(31-21)15-6-9-18(26)10-7-15/h4-13H,1-3H3,(H,28,30)/q-1. The molecule has 0 saturated carbocycles. The van der Waals surface area contributed by atoms with Crippen molar-refractivity contribution < 1.29 is 39.6 Å². The minimum atomic E-state index is -0.531. The van der Waals surface area contributed by atoms with E-state index in [2.05, 4.69) is 5.32 Å². The second kappa shape index (κ2) is 8.63. The first kappa shape index (κ1) is 21.2. The summed E-state index contributed by atoms with van der Waals surface area (Å²) in [5.74, 6) is -0.252. The molecule has 3 aromatic carbocycles. The Kier molecular flexibility index (Phi) is 5.91. The second-order valence-electron chi connectivity index (χ2n) is 7.10. The molecule has 0 bridgehead atoms. The van der Waals surface area contributed by atoms with Crippen LogP contribution in [0.2, 0.25) is 0 Å². The van der Waals surface area contributed by atoms with E-state index in [0.717, 1.165) is 16.7 Å². The molecular formula is C25H20FINO3-. The first-order chi connectivity index (χ1) is 14.9. The van der Waals surface area contributed by atoms with E-state index < -0.39 is 21.2 Å². The zero-order valence-electron chi connectivity index (χ0n) is 17.3. The number of nitrogens with one attached hydrogen (secondary N) is 1. The van der Waals surface area contributed by atoms with Gasteiger partial charge in [0.05, 0.1) is 0 Å². The van der Waals surface area contributed by atoms with Crippen molar-refractivity contribution in [3.8, 4) is 22.5 Å². The molecule has 0 saturated heterocycles. The summed E-state index contributed by atoms with van der Waals surface area (Å²) in [7, 11) is 1.56. The van der Waals surface area contributed by atoms with Crippen LogP contribution in [0.3, 0.4) is 0 Å². The fraction of sp³-hybridized carbons (Fsp3) is 0.120. The number of aryl methyl sites for hydroxylation is 1. The average Bonchev–Trinajstić information content (AvgIpc) is 3.17. The monoisotopic (exact) mass is 528 g/mol. The van der Waals surface area contributed by atoms with Crippen molar-refractivity contribution in [2.24, 2.45) is 0 Å². The Morgan fingerprint density at radius 3 is 2.35 bits per heavy atom. The van der Waals surface area contributed by atoms with Crippen LogP contribution in [0.5, 0.6) is 0 Å². The number of rotatable bonds is 5. The Bertz CT molecular complexity index is 1310. The molecule has 0 aliphatic carbocycles. The van der Waals surface area contributed by atoms with Gasteiger partial charge in [0.25, 0.3) is 0 Å². The Hall–Kier alpha value is -3.00. The van der Waals surface area contributed by atoms with Gasteiger partial charge < -0.3 is 0 Å². The van der Waals surface area contributed by atoms with Crippen molar-refractivity contribution in [1.29, 1.82) is 0 Å². The molecule has 1 aromatic heterocycles. The molecule has 0 fully saturated rings. The Labute approximate surface area is 189 Å². The number of hydrogen-bond donors (Lipinski definition) is 1. The predicted octanol–water partition coefficient (Wildman–Crippen LogP) is 2.43. The summed E-state index contributed by atoms with van der Waals surface area (Å²) < 4.78 is 19.6. The van der Waals surface area contributed by atoms with Crippen LogP contribution in [0.1, 0.15) is 26.3 Å².